The van der Waals surface area contributed by atoms with Crippen molar-refractivity contribution in [3.05, 3.63) is 41.2 Å². The third kappa shape index (κ3) is 2.08. The van der Waals surface area contributed by atoms with Gasteiger partial charge in [-0.15, -0.1) is 0 Å². The largest absolute Gasteiger partial charge is 0.383 e. The molecule has 0 saturated carbocycles. The van der Waals surface area contributed by atoms with Gasteiger partial charge in [0, 0.05) is 17.2 Å². The molecule has 0 amide bonds. The van der Waals surface area contributed by atoms with Crippen molar-refractivity contribution in [1.82, 2.24) is 9.97 Å². The molecule has 1 aromatic heterocycles. The summed E-state index contributed by atoms with van der Waals surface area (Å²) in [5.41, 5.74) is 6.89. The zero-order chi connectivity index (χ0) is 12.6. The first-order valence-corrected chi connectivity index (χ1v) is 5.05. The van der Waals surface area contributed by atoms with Crippen molar-refractivity contribution in [2.75, 3.05) is 5.73 Å². The van der Waals surface area contributed by atoms with Crippen molar-refractivity contribution >= 4 is 5.82 Å². The van der Waals surface area contributed by atoms with E-state index in [1.807, 2.05) is 0 Å². The number of hydrogen-bond donors (Lipinski definition) is 1. The van der Waals surface area contributed by atoms with Crippen LogP contribution in [0.15, 0.2) is 18.2 Å². The number of rotatable bonds is 1. The van der Waals surface area contributed by atoms with Gasteiger partial charge in [-0.05, 0) is 26.0 Å². The zero-order valence-electron chi connectivity index (χ0n) is 9.46. The van der Waals surface area contributed by atoms with Crippen LogP contribution in [0.2, 0.25) is 0 Å². The van der Waals surface area contributed by atoms with E-state index < -0.39 is 11.6 Å². The Morgan fingerprint density at radius 1 is 1.12 bits per heavy atom. The highest BCUT2D eigenvalue weighted by Gasteiger charge is 2.13. The monoisotopic (exact) mass is 235 g/mol. The van der Waals surface area contributed by atoms with Gasteiger partial charge in [-0.2, -0.15) is 0 Å². The third-order valence-electron chi connectivity index (χ3n) is 2.48. The summed E-state index contributed by atoms with van der Waals surface area (Å²) in [4.78, 5) is 8.12. The van der Waals surface area contributed by atoms with Gasteiger partial charge in [0.25, 0.3) is 0 Å². The second-order valence-corrected chi connectivity index (χ2v) is 3.75. The van der Waals surface area contributed by atoms with Crippen molar-refractivity contribution in [1.29, 1.82) is 0 Å². The minimum Gasteiger partial charge on any atom is -0.383 e. The summed E-state index contributed by atoms with van der Waals surface area (Å²) in [5, 5.41) is 0. The van der Waals surface area contributed by atoms with Gasteiger partial charge in [0.2, 0.25) is 0 Å². The van der Waals surface area contributed by atoms with Crippen LogP contribution in [0.5, 0.6) is 0 Å². The van der Waals surface area contributed by atoms with Crippen LogP contribution in [0.1, 0.15) is 11.4 Å². The molecule has 0 radical (unpaired) electrons. The number of nitrogens with two attached hydrogens (primary N) is 1. The van der Waals surface area contributed by atoms with Gasteiger partial charge in [-0.3, -0.25) is 0 Å². The standard InChI is InChI=1S/C12H11F2N3/c1-6-11(16-7(2)17-12(6)15)9-4-3-8(13)5-10(9)14/h3-5H,1-2H3,(H2,15,16,17). The number of halogens is 2. The van der Waals surface area contributed by atoms with Crippen LogP contribution in [0.3, 0.4) is 0 Å². The van der Waals surface area contributed by atoms with Gasteiger partial charge in [-0.25, -0.2) is 18.7 Å². The lowest BCUT2D eigenvalue weighted by molar-refractivity contribution is 0.585. The Labute approximate surface area is 97.3 Å². The van der Waals surface area contributed by atoms with Gasteiger partial charge < -0.3 is 5.73 Å². The number of hydrogen-bond acceptors (Lipinski definition) is 3. The molecular formula is C12H11F2N3. The Balaban J connectivity index is 2.68. The van der Waals surface area contributed by atoms with E-state index in [0.29, 0.717) is 22.9 Å². The first-order chi connectivity index (χ1) is 7.99. The molecule has 88 valence electrons. The summed E-state index contributed by atoms with van der Waals surface area (Å²) >= 11 is 0. The van der Waals surface area contributed by atoms with Crippen LogP contribution in [0, 0.1) is 25.5 Å². The van der Waals surface area contributed by atoms with Crippen LogP contribution in [0.4, 0.5) is 14.6 Å². The molecule has 0 unspecified atom stereocenters. The molecule has 2 rings (SSSR count). The van der Waals surface area contributed by atoms with Gasteiger partial charge in [0.15, 0.2) is 0 Å². The minimum absolute atomic E-state index is 0.223. The van der Waals surface area contributed by atoms with E-state index >= 15 is 0 Å². The Bertz CT molecular complexity index is 582. The number of aryl methyl sites for hydroxylation is 1. The smallest absolute Gasteiger partial charge is 0.135 e. The topological polar surface area (TPSA) is 51.8 Å². The van der Waals surface area contributed by atoms with E-state index in [1.165, 1.54) is 12.1 Å². The number of nitrogen functional groups attached to an aromatic ring is 1. The van der Waals surface area contributed by atoms with Crippen molar-refractivity contribution in [2.45, 2.75) is 13.8 Å². The number of benzene rings is 1. The lowest BCUT2D eigenvalue weighted by Crippen LogP contribution is -2.03. The molecule has 0 aliphatic rings. The maximum absolute atomic E-state index is 13.6. The number of aromatic nitrogens is 2. The average Bonchev–Trinajstić information content (AvgIpc) is 2.24. The summed E-state index contributed by atoms with van der Waals surface area (Å²) < 4.78 is 26.5. The molecule has 17 heavy (non-hydrogen) atoms. The lowest BCUT2D eigenvalue weighted by atomic mass is 10.1. The van der Waals surface area contributed by atoms with E-state index in [1.54, 1.807) is 13.8 Å². The van der Waals surface area contributed by atoms with Gasteiger partial charge in [-0.1, -0.05) is 0 Å². The highest BCUT2D eigenvalue weighted by atomic mass is 19.1. The van der Waals surface area contributed by atoms with Crippen LogP contribution < -0.4 is 5.73 Å². The normalized spacial score (nSPS) is 10.6. The predicted octanol–water partition coefficient (Wildman–Crippen LogP) is 2.62. The molecule has 5 heteroatoms. The quantitative estimate of drug-likeness (QED) is 0.826. The molecule has 1 heterocycles. The van der Waals surface area contributed by atoms with E-state index in [-0.39, 0.29) is 5.56 Å². The highest BCUT2D eigenvalue weighted by molar-refractivity contribution is 5.67. The van der Waals surface area contributed by atoms with Gasteiger partial charge in [0.05, 0.1) is 5.69 Å². The van der Waals surface area contributed by atoms with Crippen LogP contribution in [0.25, 0.3) is 11.3 Å². The lowest BCUT2D eigenvalue weighted by Gasteiger charge is -2.09. The van der Waals surface area contributed by atoms with E-state index in [9.17, 15) is 8.78 Å². The number of anilines is 1. The molecule has 0 atom stereocenters. The molecule has 2 aromatic rings. The average molecular weight is 235 g/mol. The minimum atomic E-state index is -0.661. The first kappa shape index (κ1) is 11.4. The Morgan fingerprint density at radius 3 is 2.47 bits per heavy atom. The van der Waals surface area contributed by atoms with Crippen molar-refractivity contribution in [2.24, 2.45) is 0 Å². The fourth-order valence-corrected chi connectivity index (χ4v) is 1.59. The molecule has 1 aromatic carbocycles. The fraction of sp³-hybridized carbons (Fsp3) is 0.167. The molecule has 0 saturated heterocycles. The Hall–Kier alpha value is -2.04. The van der Waals surface area contributed by atoms with Crippen molar-refractivity contribution < 1.29 is 8.78 Å². The highest BCUT2D eigenvalue weighted by Crippen LogP contribution is 2.26. The molecule has 0 fully saturated rings. The van der Waals surface area contributed by atoms with Crippen molar-refractivity contribution in [3.63, 3.8) is 0 Å². The molecule has 0 bridgehead atoms. The molecule has 3 nitrogen and oxygen atoms in total. The van der Waals surface area contributed by atoms with Crippen LogP contribution in [-0.2, 0) is 0 Å². The predicted molar refractivity (Wildman–Crippen MR) is 61.3 cm³/mol. The summed E-state index contributed by atoms with van der Waals surface area (Å²) in [7, 11) is 0. The SMILES string of the molecule is Cc1nc(N)c(C)c(-c2ccc(F)cc2F)n1. The van der Waals surface area contributed by atoms with E-state index in [2.05, 4.69) is 9.97 Å². The Morgan fingerprint density at radius 2 is 1.82 bits per heavy atom. The summed E-state index contributed by atoms with van der Waals surface area (Å²) in [6, 6.07) is 3.35. The molecular weight excluding hydrogens is 224 g/mol. The summed E-state index contributed by atoms with van der Waals surface area (Å²) in [6.45, 7) is 3.37. The maximum atomic E-state index is 13.6. The first-order valence-electron chi connectivity index (χ1n) is 5.05. The molecule has 0 spiro atoms. The third-order valence-corrected chi connectivity index (χ3v) is 2.48. The fourth-order valence-electron chi connectivity index (χ4n) is 1.59. The van der Waals surface area contributed by atoms with Crippen molar-refractivity contribution in [3.8, 4) is 11.3 Å². The molecule has 2 N–H and O–H groups in total. The van der Waals surface area contributed by atoms with Crippen LogP contribution >= 0.6 is 0 Å². The summed E-state index contributed by atoms with van der Waals surface area (Å²) in [6.07, 6.45) is 0. The second-order valence-electron chi connectivity index (χ2n) is 3.75. The van der Waals surface area contributed by atoms with E-state index in [4.69, 9.17) is 5.73 Å². The van der Waals surface area contributed by atoms with Gasteiger partial charge >= 0.3 is 0 Å². The summed E-state index contributed by atoms with van der Waals surface area (Å²) in [5.74, 6) is -0.531. The van der Waals surface area contributed by atoms with Gasteiger partial charge in [0.1, 0.15) is 23.3 Å². The van der Waals surface area contributed by atoms with E-state index in [0.717, 1.165) is 6.07 Å². The maximum Gasteiger partial charge on any atom is 0.135 e. The molecule has 0 aliphatic carbocycles. The zero-order valence-corrected chi connectivity index (χ0v) is 9.46. The molecule has 0 aliphatic heterocycles. The Kier molecular flexibility index (Phi) is 2.75. The number of nitrogens with zero attached hydrogens (tertiary/aromatic N) is 2. The second kappa shape index (κ2) is 4.08. The van der Waals surface area contributed by atoms with Crippen LogP contribution in [-0.4, -0.2) is 9.97 Å².